The summed E-state index contributed by atoms with van der Waals surface area (Å²) < 4.78 is 10.8. The van der Waals surface area contributed by atoms with E-state index in [9.17, 15) is 0 Å². The van der Waals surface area contributed by atoms with Gasteiger partial charge in [-0.05, 0) is 25.1 Å². The van der Waals surface area contributed by atoms with E-state index in [0.29, 0.717) is 19.1 Å². The Morgan fingerprint density at radius 3 is 2.83 bits per heavy atom. The molecule has 5 aromatic heterocycles. The standard InChI is InChI=1S/C20H21N9O/c1-13-23-17-5-4-16(25-19(17)28(13)8-9-30-3)15-6-7-29-18(15)11-21-20(26-29)24-14-10-22-27(2)12-14/h4-7,10-12H,8-9H2,1-3H3,(H,24,26). The Morgan fingerprint density at radius 2 is 2.03 bits per heavy atom. The van der Waals surface area contributed by atoms with Crippen molar-refractivity contribution < 1.29 is 4.74 Å². The predicted molar refractivity (Wildman–Crippen MR) is 113 cm³/mol. The summed E-state index contributed by atoms with van der Waals surface area (Å²) in [4.78, 5) is 13.9. The molecule has 5 rings (SSSR count). The van der Waals surface area contributed by atoms with Crippen molar-refractivity contribution in [2.75, 3.05) is 19.0 Å². The smallest absolute Gasteiger partial charge is 0.245 e. The molecule has 0 saturated carbocycles. The third-order valence-corrected chi connectivity index (χ3v) is 4.96. The molecule has 1 N–H and O–H groups in total. The Morgan fingerprint density at radius 1 is 1.13 bits per heavy atom. The minimum absolute atomic E-state index is 0.495. The van der Waals surface area contributed by atoms with E-state index in [2.05, 4.69) is 30.0 Å². The number of nitrogens with zero attached hydrogens (tertiary/aromatic N) is 8. The van der Waals surface area contributed by atoms with Gasteiger partial charge in [-0.1, -0.05) is 0 Å². The summed E-state index contributed by atoms with van der Waals surface area (Å²) in [6, 6.07) is 5.97. The molecule has 0 aliphatic carbocycles. The highest BCUT2D eigenvalue weighted by Crippen LogP contribution is 2.26. The van der Waals surface area contributed by atoms with Gasteiger partial charge < -0.3 is 14.6 Å². The number of aryl methyl sites for hydroxylation is 2. The number of rotatable bonds is 6. The number of methoxy groups -OCH3 is 1. The molecule has 0 aromatic carbocycles. The van der Waals surface area contributed by atoms with Crippen LogP contribution in [0.4, 0.5) is 11.6 Å². The lowest BCUT2D eigenvalue weighted by Gasteiger charge is -2.06. The number of hydrogen-bond donors (Lipinski definition) is 1. The van der Waals surface area contributed by atoms with Crippen LogP contribution in [0.5, 0.6) is 0 Å². The Balaban J connectivity index is 1.51. The molecule has 152 valence electrons. The van der Waals surface area contributed by atoms with E-state index in [1.165, 1.54) is 0 Å². The van der Waals surface area contributed by atoms with Crippen LogP contribution in [0.2, 0.25) is 0 Å². The van der Waals surface area contributed by atoms with Crippen molar-refractivity contribution in [2.45, 2.75) is 13.5 Å². The molecule has 0 saturated heterocycles. The average molecular weight is 403 g/mol. The molecule has 0 fully saturated rings. The van der Waals surface area contributed by atoms with E-state index in [4.69, 9.17) is 9.72 Å². The Bertz CT molecular complexity index is 1350. The molecule has 0 bridgehead atoms. The van der Waals surface area contributed by atoms with E-state index in [0.717, 1.165) is 39.4 Å². The van der Waals surface area contributed by atoms with Gasteiger partial charge in [0, 0.05) is 38.7 Å². The molecule has 0 amide bonds. The SMILES string of the molecule is COCCn1c(C)nc2ccc(-c3ccn4nc(Nc5cnn(C)c5)ncc34)nc21. The maximum absolute atomic E-state index is 5.23. The summed E-state index contributed by atoms with van der Waals surface area (Å²) in [6.45, 7) is 3.29. The highest BCUT2D eigenvalue weighted by Gasteiger charge is 2.14. The van der Waals surface area contributed by atoms with Crippen LogP contribution < -0.4 is 5.32 Å². The maximum Gasteiger partial charge on any atom is 0.245 e. The van der Waals surface area contributed by atoms with E-state index >= 15 is 0 Å². The highest BCUT2D eigenvalue weighted by atomic mass is 16.5. The predicted octanol–water partition coefficient (Wildman–Crippen LogP) is 2.57. The van der Waals surface area contributed by atoms with Gasteiger partial charge in [0.1, 0.15) is 11.3 Å². The van der Waals surface area contributed by atoms with Crippen LogP contribution in [0.15, 0.2) is 43.0 Å². The second-order valence-corrected chi connectivity index (χ2v) is 7.01. The van der Waals surface area contributed by atoms with Gasteiger partial charge in [-0.15, -0.1) is 5.10 Å². The Hall–Kier alpha value is -3.79. The van der Waals surface area contributed by atoms with Crippen LogP contribution in [-0.2, 0) is 18.3 Å². The molecular formula is C20H21N9O. The number of fused-ring (bicyclic) bond motifs is 2. The normalized spacial score (nSPS) is 11.6. The number of nitrogens with one attached hydrogen (secondary N) is 1. The van der Waals surface area contributed by atoms with Gasteiger partial charge in [0.15, 0.2) is 5.65 Å². The fourth-order valence-corrected chi connectivity index (χ4v) is 3.50. The topological polar surface area (TPSA) is 100.0 Å². The van der Waals surface area contributed by atoms with Gasteiger partial charge in [0.05, 0.1) is 35.9 Å². The zero-order valence-electron chi connectivity index (χ0n) is 16.9. The summed E-state index contributed by atoms with van der Waals surface area (Å²) in [5.41, 5.74) is 5.23. The van der Waals surface area contributed by atoms with Crippen molar-refractivity contribution >= 4 is 28.3 Å². The van der Waals surface area contributed by atoms with Crippen molar-refractivity contribution in [3.05, 3.63) is 48.8 Å². The lowest BCUT2D eigenvalue weighted by atomic mass is 10.2. The summed E-state index contributed by atoms with van der Waals surface area (Å²) in [7, 11) is 3.55. The largest absolute Gasteiger partial charge is 0.383 e. The monoisotopic (exact) mass is 403 g/mol. The molecule has 0 unspecified atom stereocenters. The van der Waals surface area contributed by atoms with Crippen LogP contribution in [0.25, 0.3) is 27.9 Å². The zero-order valence-corrected chi connectivity index (χ0v) is 16.9. The van der Waals surface area contributed by atoms with Crippen molar-refractivity contribution in [3.8, 4) is 11.3 Å². The minimum atomic E-state index is 0.495. The van der Waals surface area contributed by atoms with E-state index < -0.39 is 0 Å². The van der Waals surface area contributed by atoms with E-state index in [1.807, 2.05) is 44.6 Å². The average Bonchev–Trinajstić information content (AvgIpc) is 3.42. The molecule has 10 nitrogen and oxygen atoms in total. The second-order valence-electron chi connectivity index (χ2n) is 7.01. The van der Waals surface area contributed by atoms with Crippen LogP contribution in [0.1, 0.15) is 5.82 Å². The number of aromatic nitrogens is 8. The first-order valence-corrected chi connectivity index (χ1v) is 9.55. The van der Waals surface area contributed by atoms with Crippen molar-refractivity contribution in [2.24, 2.45) is 7.05 Å². The first-order valence-electron chi connectivity index (χ1n) is 9.55. The fourth-order valence-electron chi connectivity index (χ4n) is 3.50. The van der Waals surface area contributed by atoms with Crippen LogP contribution in [0, 0.1) is 6.92 Å². The van der Waals surface area contributed by atoms with E-state index in [-0.39, 0.29) is 0 Å². The molecule has 0 radical (unpaired) electrons. The number of anilines is 2. The van der Waals surface area contributed by atoms with Crippen molar-refractivity contribution in [1.82, 2.24) is 38.9 Å². The van der Waals surface area contributed by atoms with Crippen LogP contribution in [-0.4, -0.2) is 52.6 Å². The van der Waals surface area contributed by atoms with Gasteiger partial charge >= 0.3 is 0 Å². The molecule has 0 atom stereocenters. The van der Waals surface area contributed by atoms with Gasteiger partial charge in [0.2, 0.25) is 5.95 Å². The Labute approximate surface area is 172 Å². The van der Waals surface area contributed by atoms with Gasteiger partial charge in [-0.25, -0.2) is 19.5 Å². The molecule has 0 aliphatic rings. The van der Waals surface area contributed by atoms with Gasteiger partial charge in [-0.3, -0.25) is 4.68 Å². The van der Waals surface area contributed by atoms with Gasteiger partial charge in [-0.2, -0.15) is 5.10 Å². The third kappa shape index (κ3) is 3.16. The number of pyridine rings is 1. The molecule has 0 aliphatic heterocycles. The van der Waals surface area contributed by atoms with Crippen LogP contribution in [0.3, 0.4) is 0 Å². The van der Waals surface area contributed by atoms with E-state index in [1.54, 1.807) is 28.7 Å². The third-order valence-electron chi connectivity index (χ3n) is 4.96. The first kappa shape index (κ1) is 18.3. The molecule has 30 heavy (non-hydrogen) atoms. The molecule has 5 heterocycles. The number of hydrogen-bond acceptors (Lipinski definition) is 7. The highest BCUT2D eigenvalue weighted by molar-refractivity contribution is 5.82. The molecule has 5 aromatic rings. The molecule has 10 heteroatoms. The summed E-state index contributed by atoms with van der Waals surface area (Å²) in [5.74, 6) is 1.41. The molecule has 0 spiro atoms. The Kier molecular flexibility index (Phi) is 4.40. The van der Waals surface area contributed by atoms with Crippen molar-refractivity contribution in [1.29, 1.82) is 0 Å². The summed E-state index contributed by atoms with van der Waals surface area (Å²) in [5, 5.41) is 11.8. The number of imidazole rings is 1. The summed E-state index contributed by atoms with van der Waals surface area (Å²) in [6.07, 6.45) is 7.28. The summed E-state index contributed by atoms with van der Waals surface area (Å²) >= 11 is 0. The molecular weight excluding hydrogens is 382 g/mol. The fraction of sp³-hybridized carbons (Fsp3) is 0.250. The zero-order chi connectivity index (χ0) is 20.7. The minimum Gasteiger partial charge on any atom is -0.383 e. The van der Waals surface area contributed by atoms with Gasteiger partial charge in [0.25, 0.3) is 0 Å². The quantitative estimate of drug-likeness (QED) is 0.465. The second kappa shape index (κ2) is 7.23. The van der Waals surface area contributed by atoms with Crippen LogP contribution >= 0.6 is 0 Å². The maximum atomic E-state index is 5.23. The lowest BCUT2D eigenvalue weighted by molar-refractivity contribution is 0.187. The lowest BCUT2D eigenvalue weighted by Crippen LogP contribution is -2.06. The first-order chi connectivity index (χ1) is 14.6. The number of ether oxygens (including phenoxy) is 1. The van der Waals surface area contributed by atoms with Crippen molar-refractivity contribution in [3.63, 3.8) is 0 Å².